The second-order valence-corrected chi connectivity index (χ2v) is 13.0. The van der Waals surface area contributed by atoms with Gasteiger partial charge in [-0.15, -0.1) is 0 Å². The van der Waals surface area contributed by atoms with Gasteiger partial charge < -0.3 is 20.1 Å². The highest BCUT2D eigenvalue weighted by Gasteiger charge is 2.48. The summed E-state index contributed by atoms with van der Waals surface area (Å²) in [5, 5.41) is 29.1. The Morgan fingerprint density at radius 1 is 0.750 bits per heavy atom. The Labute approximate surface area is 241 Å². The molecule has 9 heteroatoms. The van der Waals surface area contributed by atoms with Crippen LogP contribution in [-0.2, 0) is 23.9 Å². The van der Waals surface area contributed by atoms with Crippen LogP contribution in [0.1, 0.15) is 131 Å². The summed E-state index contributed by atoms with van der Waals surface area (Å²) in [5.74, 6) is -9.82. The van der Waals surface area contributed by atoms with Gasteiger partial charge in [0.15, 0.2) is 0 Å². The van der Waals surface area contributed by atoms with Crippen LogP contribution in [0.25, 0.3) is 0 Å². The summed E-state index contributed by atoms with van der Waals surface area (Å²) in [6.07, 6.45) is 11.9. The smallest absolute Gasteiger partial charge is 0.310 e. The lowest BCUT2D eigenvalue weighted by molar-refractivity contribution is -0.174. The molecule has 0 amide bonds. The van der Waals surface area contributed by atoms with Gasteiger partial charge in [0.1, 0.15) is 6.10 Å². The van der Waals surface area contributed by atoms with Gasteiger partial charge in [-0.3, -0.25) is 24.1 Å². The van der Waals surface area contributed by atoms with Gasteiger partial charge in [0.25, 0.3) is 0 Å². The molecule has 1 rings (SSSR count). The van der Waals surface area contributed by atoms with Crippen LogP contribution in [0.4, 0.5) is 0 Å². The number of hydrogen-bond donors (Lipinski definition) is 3. The van der Waals surface area contributed by atoms with Gasteiger partial charge in [-0.25, -0.2) is 0 Å². The maximum atomic E-state index is 13.5. The average Bonchev–Trinajstić information content (AvgIpc) is 2.83. The maximum absolute atomic E-state index is 13.5. The molecule has 0 spiro atoms. The van der Waals surface area contributed by atoms with Crippen molar-refractivity contribution in [2.45, 2.75) is 148 Å². The Hall–Kier alpha value is -2.16. The summed E-state index contributed by atoms with van der Waals surface area (Å²) in [6, 6.07) is 0. The fraction of sp³-hybridized carbons (Fsp3) is 0.871. The molecule has 9 nitrogen and oxygen atoms in total. The van der Waals surface area contributed by atoms with Gasteiger partial charge >= 0.3 is 23.9 Å². The minimum absolute atomic E-state index is 0.148. The molecular formula is C31H55NO8. The van der Waals surface area contributed by atoms with Gasteiger partial charge in [0.05, 0.1) is 24.2 Å². The van der Waals surface area contributed by atoms with Gasteiger partial charge in [-0.05, 0) is 41.2 Å². The van der Waals surface area contributed by atoms with Crippen molar-refractivity contribution in [3.05, 3.63) is 0 Å². The molecule has 0 aliphatic carbocycles. The Kier molecular flexibility index (Phi) is 15.2. The number of rotatable bonds is 20. The zero-order valence-corrected chi connectivity index (χ0v) is 25.7. The fourth-order valence-electron chi connectivity index (χ4n) is 6.27. The van der Waals surface area contributed by atoms with Crippen LogP contribution in [0, 0.1) is 17.8 Å². The first kappa shape index (κ1) is 35.9. The average molecular weight is 570 g/mol. The fourth-order valence-corrected chi connectivity index (χ4v) is 6.27. The molecule has 0 aromatic heterocycles. The predicted molar refractivity (Wildman–Crippen MR) is 154 cm³/mol. The van der Waals surface area contributed by atoms with Gasteiger partial charge in [0, 0.05) is 23.9 Å². The van der Waals surface area contributed by atoms with Crippen LogP contribution in [0.5, 0.6) is 0 Å². The van der Waals surface area contributed by atoms with E-state index in [0.29, 0.717) is 19.3 Å². The Balaban J connectivity index is 2.93. The Morgan fingerprint density at radius 2 is 1.20 bits per heavy atom. The molecule has 1 saturated heterocycles. The van der Waals surface area contributed by atoms with E-state index in [-0.39, 0.29) is 17.5 Å². The van der Waals surface area contributed by atoms with Crippen molar-refractivity contribution in [2.24, 2.45) is 17.8 Å². The van der Waals surface area contributed by atoms with Crippen molar-refractivity contribution in [3.8, 4) is 0 Å². The molecule has 0 bridgehead atoms. The third kappa shape index (κ3) is 11.8. The van der Waals surface area contributed by atoms with E-state index < -0.39 is 54.2 Å². The number of aliphatic carboxylic acids is 3. The van der Waals surface area contributed by atoms with E-state index in [0.717, 1.165) is 25.7 Å². The number of carboxylic acids is 3. The number of ether oxygens (including phenoxy) is 1. The molecule has 0 radical (unpaired) electrons. The molecular weight excluding hydrogens is 514 g/mol. The normalized spacial score (nSPS) is 19.4. The molecule has 3 atom stereocenters. The lowest BCUT2D eigenvalue weighted by atomic mass is 9.76. The van der Waals surface area contributed by atoms with Gasteiger partial charge in [0.2, 0.25) is 0 Å². The van der Waals surface area contributed by atoms with E-state index in [4.69, 9.17) is 4.74 Å². The van der Waals surface area contributed by atoms with E-state index in [2.05, 4.69) is 39.5 Å². The van der Waals surface area contributed by atoms with Crippen molar-refractivity contribution >= 4 is 23.9 Å². The number of carbonyl (C=O) groups is 4. The summed E-state index contributed by atoms with van der Waals surface area (Å²) < 4.78 is 5.92. The van der Waals surface area contributed by atoms with Crippen LogP contribution in [-0.4, -0.2) is 68.3 Å². The van der Waals surface area contributed by atoms with E-state index in [1.807, 2.05) is 7.05 Å². The second kappa shape index (κ2) is 16.9. The van der Waals surface area contributed by atoms with Crippen molar-refractivity contribution in [1.82, 2.24) is 4.90 Å². The van der Waals surface area contributed by atoms with Crippen LogP contribution in [0.15, 0.2) is 0 Å². The highest BCUT2D eigenvalue weighted by atomic mass is 16.5. The monoisotopic (exact) mass is 569 g/mol. The maximum Gasteiger partial charge on any atom is 0.310 e. The number of carboxylic acid groups (broad SMARTS) is 3. The lowest BCUT2D eigenvalue weighted by Gasteiger charge is -2.53. The number of carbonyl (C=O) groups excluding carboxylic acids is 1. The zero-order valence-electron chi connectivity index (χ0n) is 25.7. The van der Waals surface area contributed by atoms with Crippen LogP contribution >= 0.6 is 0 Å². The first-order chi connectivity index (χ1) is 18.6. The zero-order chi connectivity index (χ0) is 30.5. The largest absolute Gasteiger partial charge is 0.481 e. The van der Waals surface area contributed by atoms with Crippen molar-refractivity contribution in [1.29, 1.82) is 0 Å². The van der Waals surface area contributed by atoms with E-state index >= 15 is 0 Å². The van der Waals surface area contributed by atoms with Gasteiger partial charge in [-0.2, -0.15) is 0 Å². The third-order valence-electron chi connectivity index (χ3n) is 8.84. The number of likely N-dealkylation sites (tertiary alicyclic amines) is 1. The summed E-state index contributed by atoms with van der Waals surface area (Å²) in [4.78, 5) is 51.5. The highest BCUT2D eigenvalue weighted by Crippen LogP contribution is 2.39. The molecule has 232 valence electrons. The Bertz CT molecular complexity index is 806. The van der Waals surface area contributed by atoms with E-state index in [9.17, 15) is 34.5 Å². The lowest BCUT2D eigenvalue weighted by Crippen LogP contribution is -2.60. The molecule has 0 aromatic rings. The standard InChI is InChI=1S/C31H55NO8/c1-7-8-9-10-11-12-13-14-15-16-17-18-23(26(28(37)38)24(27(35)36)19-25(33)34)29(39)40-22-20-30(2,3)32(6)31(4,5)21-22/h22-24,26H,7-21H2,1-6H3,(H,33,34)(H,35,36)(H,37,38). The summed E-state index contributed by atoms with van der Waals surface area (Å²) in [5.41, 5.74) is -0.533. The molecule has 1 heterocycles. The second-order valence-electron chi connectivity index (χ2n) is 13.0. The first-order valence-corrected chi connectivity index (χ1v) is 15.3. The quantitative estimate of drug-likeness (QED) is 0.112. The third-order valence-corrected chi connectivity index (χ3v) is 8.84. The van der Waals surface area contributed by atoms with E-state index in [1.165, 1.54) is 38.5 Å². The Morgan fingerprint density at radius 3 is 1.60 bits per heavy atom. The number of unbranched alkanes of at least 4 members (excludes halogenated alkanes) is 10. The molecule has 1 aliphatic rings. The molecule has 3 unspecified atom stereocenters. The molecule has 0 saturated carbocycles. The van der Waals surface area contributed by atoms with Gasteiger partial charge in [-0.1, -0.05) is 77.6 Å². The molecule has 40 heavy (non-hydrogen) atoms. The first-order valence-electron chi connectivity index (χ1n) is 15.3. The van der Waals surface area contributed by atoms with Crippen LogP contribution in [0.3, 0.4) is 0 Å². The van der Waals surface area contributed by atoms with Crippen molar-refractivity contribution < 1.29 is 39.2 Å². The SMILES string of the molecule is CCCCCCCCCCCCCC(C(=O)OC1CC(C)(C)N(C)C(C)(C)C1)C(C(=O)O)C(CC(=O)O)C(=O)O. The number of hydrogen-bond acceptors (Lipinski definition) is 6. The number of piperidine rings is 1. The summed E-state index contributed by atoms with van der Waals surface area (Å²) in [7, 11) is 2.02. The minimum Gasteiger partial charge on any atom is -0.481 e. The molecule has 1 aliphatic heterocycles. The molecule has 0 aromatic carbocycles. The minimum atomic E-state index is -1.73. The predicted octanol–water partition coefficient (Wildman–Crippen LogP) is 6.37. The number of esters is 1. The number of nitrogens with zero attached hydrogens (tertiary/aromatic N) is 1. The highest BCUT2D eigenvalue weighted by molar-refractivity contribution is 5.88. The topological polar surface area (TPSA) is 141 Å². The summed E-state index contributed by atoms with van der Waals surface area (Å²) >= 11 is 0. The van der Waals surface area contributed by atoms with Crippen molar-refractivity contribution in [2.75, 3.05) is 7.05 Å². The summed E-state index contributed by atoms with van der Waals surface area (Å²) in [6.45, 7) is 10.4. The van der Waals surface area contributed by atoms with Crippen molar-refractivity contribution in [3.63, 3.8) is 0 Å². The van der Waals surface area contributed by atoms with Crippen LogP contribution < -0.4 is 0 Å². The van der Waals surface area contributed by atoms with Crippen LogP contribution in [0.2, 0.25) is 0 Å². The van der Waals surface area contributed by atoms with E-state index in [1.54, 1.807) is 0 Å². The molecule has 1 fully saturated rings. The molecule has 3 N–H and O–H groups in total.